The van der Waals surface area contributed by atoms with Crippen molar-refractivity contribution in [1.29, 1.82) is 0 Å². The fourth-order valence-corrected chi connectivity index (χ4v) is 1.87. The molecule has 0 atom stereocenters. The predicted molar refractivity (Wildman–Crippen MR) is 79.7 cm³/mol. The molecule has 0 amide bonds. The molecule has 2 aromatic carbocycles. The summed E-state index contributed by atoms with van der Waals surface area (Å²) in [4.78, 5) is 0. The number of hydrazine groups is 1. The zero-order valence-electron chi connectivity index (χ0n) is 11.2. The Morgan fingerprint density at radius 3 is 2.50 bits per heavy atom. The van der Waals surface area contributed by atoms with E-state index < -0.39 is 7.12 Å². The Morgan fingerprint density at radius 1 is 1.10 bits per heavy atom. The van der Waals surface area contributed by atoms with Gasteiger partial charge in [-0.25, -0.2) is 5.43 Å². The van der Waals surface area contributed by atoms with E-state index >= 15 is 0 Å². The average Bonchev–Trinajstić information content (AvgIpc) is 2.48. The van der Waals surface area contributed by atoms with Crippen molar-refractivity contribution in [3.05, 3.63) is 54.1 Å². The molecule has 0 saturated heterocycles. The number of benzene rings is 2. The molecule has 0 aromatic heterocycles. The van der Waals surface area contributed by atoms with Gasteiger partial charge in [0.1, 0.15) is 5.75 Å². The van der Waals surface area contributed by atoms with Crippen molar-refractivity contribution >= 4 is 18.3 Å². The van der Waals surface area contributed by atoms with Crippen LogP contribution < -0.4 is 21.1 Å². The van der Waals surface area contributed by atoms with Crippen LogP contribution in [0.4, 0.5) is 5.69 Å². The highest BCUT2D eigenvalue weighted by Crippen LogP contribution is 2.10. The van der Waals surface area contributed by atoms with E-state index in [0.717, 1.165) is 11.3 Å². The summed E-state index contributed by atoms with van der Waals surface area (Å²) in [5.41, 5.74) is 8.36. The molecule has 0 unspecified atom stereocenters. The molecule has 20 heavy (non-hydrogen) atoms. The number of ether oxygens (including phenoxy) is 1. The topological polar surface area (TPSA) is 73.8 Å². The molecule has 4 N–H and O–H groups in total. The molecule has 0 bridgehead atoms. The van der Waals surface area contributed by atoms with Crippen LogP contribution in [-0.2, 0) is 6.54 Å². The van der Waals surface area contributed by atoms with Crippen LogP contribution in [-0.4, -0.2) is 24.3 Å². The molecule has 104 valence electrons. The van der Waals surface area contributed by atoms with Gasteiger partial charge in [-0.1, -0.05) is 30.3 Å². The molecule has 0 heterocycles. The first-order chi connectivity index (χ1) is 9.70. The first kappa shape index (κ1) is 14.4. The van der Waals surface area contributed by atoms with Gasteiger partial charge in [0.2, 0.25) is 0 Å². The monoisotopic (exact) mass is 272 g/mol. The molecule has 2 rings (SSSR count). The maximum atomic E-state index is 9.30. The summed E-state index contributed by atoms with van der Waals surface area (Å²) in [5.74, 6) is 0.458. The zero-order valence-corrected chi connectivity index (χ0v) is 11.2. The molecule has 2 aromatic rings. The van der Waals surface area contributed by atoms with Crippen LogP contribution in [0, 0.1) is 0 Å². The third-order valence-corrected chi connectivity index (χ3v) is 2.87. The molecule has 6 heteroatoms. The molecule has 5 nitrogen and oxygen atoms in total. The third-order valence-electron chi connectivity index (χ3n) is 2.87. The number of hydrogen-bond donors (Lipinski definition) is 4. The van der Waals surface area contributed by atoms with Crippen molar-refractivity contribution in [3.8, 4) is 5.75 Å². The molecule has 0 aliphatic carbocycles. The van der Waals surface area contributed by atoms with Gasteiger partial charge in [-0.3, -0.25) is 0 Å². The summed E-state index contributed by atoms with van der Waals surface area (Å²) >= 11 is 0. The van der Waals surface area contributed by atoms with Gasteiger partial charge in [0.15, 0.2) is 0 Å². The first-order valence-corrected chi connectivity index (χ1v) is 6.27. The summed E-state index contributed by atoms with van der Waals surface area (Å²) in [6, 6.07) is 15.0. The lowest BCUT2D eigenvalue weighted by Crippen LogP contribution is -2.32. The molecule has 0 fully saturated rings. The van der Waals surface area contributed by atoms with Gasteiger partial charge in [-0.05, 0) is 23.8 Å². The van der Waals surface area contributed by atoms with E-state index in [1.807, 2.05) is 36.4 Å². The highest BCUT2D eigenvalue weighted by Gasteiger charge is 2.17. The number of hydrogen-bond acceptors (Lipinski definition) is 5. The van der Waals surface area contributed by atoms with Gasteiger partial charge in [0, 0.05) is 17.7 Å². The van der Waals surface area contributed by atoms with Crippen molar-refractivity contribution in [2.75, 3.05) is 12.5 Å². The Labute approximate surface area is 118 Å². The van der Waals surface area contributed by atoms with Crippen LogP contribution in [0.15, 0.2) is 48.5 Å². The normalized spacial score (nSPS) is 10.2. The van der Waals surface area contributed by atoms with Crippen LogP contribution in [0.1, 0.15) is 5.56 Å². The van der Waals surface area contributed by atoms with Crippen molar-refractivity contribution in [2.45, 2.75) is 6.54 Å². The number of methoxy groups -OCH3 is 1. The van der Waals surface area contributed by atoms with Gasteiger partial charge < -0.3 is 20.2 Å². The number of para-hydroxylation sites is 1. The van der Waals surface area contributed by atoms with Crippen LogP contribution in [0.3, 0.4) is 0 Å². The van der Waals surface area contributed by atoms with Crippen LogP contribution >= 0.6 is 0 Å². The minimum atomic E-state index is -1.55. The second-order valence-corrected chi connectivity index (χ2v) is 4.29. The molecular formula is C14H17BN2O3. The minimum absolute atomic E-state index is 0.353. The number of anilines is 1. The van der Waals surface area contributed by atoms with Crippen LogP contribution in [0.5, 0.6) is 5.75 Å². The van der Waals surface area contributed by atoms with E-state index in [2.05, 4.69) is 10.9 Å². The van der Waals surface area contributed by atoms with Crippen LogP contribution in [0.2, 0.25) is 0 Å². The van der Waals surface area contributed by atoms with Crippen LogP contribution in [0.25, 0.3) is 0 Å². The van der Waals surface area contributed by atoms with E-state index in [0.29, 0.717) is 17.8 Å². The predicted octanol–water partition coefficient (Wildman–Crippen LogP) is 0.492. The van der Waals surface area contributed by atoms with Crippen molar-refractivity contribution in [1.82, 2.24) is 5.43 Å². The van der Waals surface area contributed by atoms with Gasteiger partial charge in [0.25, 0.3) is 0 Å². The molecule has 0 aliphatic heterocycles. The van der Waals surface area contributed by atoms with Crippen molar-refractivity contribution in [3.63, 3.8) is 0 Å². The van der Waals surface area contributed by atoms with E-state index in [1.165, 1.54) is 7.11 Å². The fraction of sp³-hybridized carbons (Fsp3) is 0.143. The number of nitrogens with one attached hydrogen (secondary N) is 2. The Hall–Kier alpha value is -2.02. The summed E-state index contributed by atoms with van der Waals surface area (Å²) < 4.78 is 5.08. The van der Waals surface area contributed by atoms with Gasteiger partial charge >= 0.3 is 7.12 Å². The standard InChI is InChI=1S/C14H17BN2O3/c1-20-14-8-7-11(9-13(14)15(18)19)10-16-17-12-5-3-2-4-6-12/h2-9,16-19H,10H2,1H3. The van der Waals surface area contributed by atoms with Gasteiger partial charge in [0.05, 0.1) is 7.11 Å². The van der Waals surface area contributed by atoms with E-state index in [9.17, 15) is 10.0 Å². The molecule has 0 aliphatic rings. The van der Waals surface area contributed by atoms with Gasteiger partial charge in [-0.15, -0.1) is 0 Å². The summed E-state index contributed by atoms with van der Waals surface area (Å²) in [6.45, 7) is 0.540. The third kappa shape index (κ3) is 3.74. The summed E-state index contributed by atoms with van der Waals surface area (Å²) in [7, 11) is -0.0530. The lowest BCUT2D eigenvalue weighted by atomic mass is 9.78. The fourth-order valence-electron chi connectivity index (χ4n) is 1.87. The summed E-state index contributed by atoms with van der Waals surface area (Å²) in [5, 5.41) is 18.6. The SMILES string of the molecule is COc1ccc(CNNc2ccccc2)cc1B(O)O. The Balaban J connectivity index is 1.98. The maximum absolute atomic E-state index is 9.30. The highest BCUT2D eigenvalue weighted by molar-refractivity contribution is 6.59. The first-order valence-electron chi connectivity index (χ1n) is 6.27. The average molecular weight is 272 g/mol. The lowest BCUT2D eigenvalue weighted by molar-refractivity contribution is 0.403. The molecule has 0 radical (unpaired) electrons. The Morgan fingerprint density at radius 2 is 1.85 bits per heavy atom. The second-order valence-electron chi connectivity index (χ2n) is 4.29. The van der Waals surface area contributed by atoms with E-state index in [4.69, 9.17) is 4.74 Å². The molecule has 0 spiro atoms. The highest BCUT2D eigenvalue weighted by atomic mass is 16.5. The number of rotatable bonds is 6. The molecule has 0 saturated carbocycles. The quantitative estimate of drug-likeness (QED) is 0.455. The van der Waals surface area contributed by atoms with E-state index in [1.54, 1.807) is 12.1 Å². The van der Waals surface area contributed by atoms with Crippen molar-refractivity contribution < 1.29 is 14.8 Å². The minimum Gasteiger partial charge on any atom is -0.497 e. The second kappa shape index (κ2) is 6.95. The smallest absolute Gasteiger partial charge is 0.492 e. The lowest BCUT2D eigenvalue weighted by Gasteiger charge is -2.12. The Bertz CT molecular complexity index is 549. The zero-order chi connectivity index (χ0) is 14.4. The summed E-state index contributed by atoms with van der Waals surface area (Å²) in [6.07, 6.45) is 0. The van der Waals surface area contributed by atoms with Gasteiger partial charge in [-0.2, -0.15) is 0 Å². The van der Waals surface area contributed by atoms with Crippen molar-refractivity contribution in [2.24, 2.45) is 0 Å². The molecular weight excluding hydrogens is 255 g/mol. The van der Waals surface area contributed by atoms with E-state index in [-0.39, 0.29) is 0 Å². The Kier molecular flexibility index (Phi) is 5.00. The maximum Gasteiger partial charge on any atom is 0.492 e. The largest absolute Gasteiger partial charge is 0.497 e.